The van der Waals surface area contributed by atoms with Crippen LogP contribution in [-0.4, -0.2) is 36.0 Å². The molecule has 1 aromatic heterocycles. The molecule has 0 unspecified atom stereocenters. The number of aromatic nitrogens is 1. The van der Waals surface area contributed by atoms with Gasteiger partial charge in [-0.3, -0.25) is 4.79 Å². The number of nitrogens with zero attached hydrogens (tertiary/aromatic N) is 2. The van der Waals surface area contributed by atoms with Crippen LogP contribution in [0.1, 0.15) is 35.1 Å². The number of piperidine rings is 1. The molecule has 1 aromatic carbocycles. The third-order valence-electron chi connectivity index (χ3n) is 4.49. The minimum atomic E-state index is -0.426. The molecule has 134 valence electrons. The molecule has 0 radical (unpaired) electrons. The zero-order chi connectivity index (χ0) is 18.0. The zero-order valence-electron chi connectivity index (χ0n) is 14.6. The Morgan fingerprint density at radius 2 is 2.12 bits per heavy atom. The fraction of sp³-hybridized carbons (Fsp3) is 0.444. The molecule has 0 spiro atoms. The smallest absolute Gasteiger partial charge is 0.273 e. The second-order valence-electron chi connectivity index (χ2n) is 6.37. The maximum atomic E-state index is 14.1. The van der Waals surface area contributed by atoms with Gasteiger partial charge >= 0.3 is 0 Å². The van der Waals surface area contributed by atoms with Crippen molar-refractivity contribution in [2.24, 2.45) is 5.92 Å². The topological polar surface area (TPSA) is 54.5 Å². The summed E-state index contributed by atoms with van der Waals surface area (Å²) in [7, 11) is 1.49. The molecular formula is C18H22FN3O2S. The summed E-state index contributed by atoms with van der Waals surface area (Å²) < 4.78 is 19.1. The molecule has 7 heteroatoms. The molecule has 1 amide bonds. The summed E-state index contributed by atoms with van der Waals surface area (Å²) in [4.78, 5) is 19.8. The van der Waals surface area contributed by atoms with E-state index in [1.54, 1.807) is 12.1 Å². The van der Waals surface area contributed by atoms with E-state index in [0.717, 1.165) is 30.8 Å². The van der Waals surface area contributed by atoms with Gasteiger partial charge in [-0.2, -0.15) is 0 Å². The van der Waals surface area contributed by atoms with Crippen molar-refractivity contribution in [1.29, 1.82) is 0 Å². The van der Waals surface area contributed by atoms with Crippen molar-refractivity contribution in [3.8, 4) is 5.75 Å². The Labute approximate surface area is 150 Å². The number of ether oxygens (including phenoxy) is 1. The summed E-state index contributed by atoms with van der Waals surface area (Å²) in [5, 5.41) is 3.47. The highest BCUT2D eigenvalue weighted by atomic mass is 32.1. The highest BCUT2D eigenvalue weighted by molar-refractivity contribution is 7.15. The van der Waals surface area contributed by atoms with Crippen molar-refractivity contribution in [2.45, 2.75) is 26.7 Å². The molecule has 2 heterocycles. The van der Waals surface area contributed by atoms with Gasteiger partial charge < -0.3 is 15.0 Å². The summed E-state index contributed by atoms with van der Waals surface area (Å²) in [6.45, 7) is 5.62. The highest BCUT2D eigenvalue weighted by Gasteiger charge is 2.25. The van der Waals surface area contributed by atoms with Gasteiger partial charge in [-0.15, -0.1) is 11.3 Å². The molecule has 0 saturated carbocycles. The van der Waals surface area contributed by atoms with Crippen LogP contribution in [0.2, 0.25) is 0 Å². The lowest BCUT2D eigenvalue weighted by atomic mass is 9.99. The van der Waals surface area contributed by atoms with Crippen molar-refractivity contribution in [2.75, 3.05) is 25.5 Å². The van der Waals surface area contributed by atoms with E-state index in [0.29, 0.717) is 28.2 Å². The number of hydrogen-bond donors (Lipinski definition) is 1. The van der Waals surface area contributed by atoms with Crippen molar-refractivity contribution in [3.63, 3.8) is 0 Å². The fourth-order valence-corrected chi connectivity index (χ4v) is 3.67. The van der Waals surface area contributed by atoms with Crippen LogP contribution < -0.4 is 10.1 Å². The first kappa shape index (κ1) is 17.7. The van der Waals surface area contributed by atoms with Crippen LogP contribution in [0.4, 0.5) is 15.2 Å². The van der Waals surface area contributed by atoms with Crippen LogP contribution in [0.3, 0.4) is 0 Å². The Hall–Kier alpha value is -2.15. The van der Waals surface area contributed by atoms with Gasteiger partial charge in [-0.05, 0) is 37.8 Å². The van der Waals surface area contributed by atoms with E-state index in [-0.39, 0.29) is 5.91 Å². The number of rotatable bonds is 4. The normalized spacial score (nSPS) is 15.3. The summed E-state index contributed by atoms with van der Waals surface area (Å²) in [5.41, 5.74) is 0.760. The number of hydrogen-bond acceptors (Lipinski definition) is 5. The number of anilines is 2. The molecule has 3 rings (SSSR count). The number of benzene rings is 1. The van der Waals surface area contributed by atoms with E-state index in [1.807, 2.05) is 11.8 Å². The molecule has 5 nitrogen and oxygen atoms in total. The SMILES string of the molecule is COc1ccc(Nc2nc(C(=O)N3CCC(C)CC3)c(C)s2)c(F)c1. The monoisotopic (exact) mass is 363 g/mol. The number of aryl methyl sites for hydroxylation is 1. The molecule has 2 aromatic rings. The summed E-state index contributed by atoms with van der Waals surface area (Å²) >= 11 is 1.35. The van der Waals surface area contributed by atoms with Crippen molar-refractivity contribution in [1.82, 2.24) is 9.88 Å². The first-order valence-corrected chi connectivity index (χ1v) is 9.17. The van der Waals surface area contributed by atoms with Gasteiger partial charge in [0.25, 0.3) is 5.91 Å². The summed E-state index contributed by atoms with van der Waals surface area (Å²) in [6.07, 6.45) is 2.05. The Morgan fingerprint density at radius 1 is 1.40 bits per heavy atom. The Balaban J connectivity index is 1.75. The van der Waals surface area contributed by atoms with Gasteiger partial charge in [0.15, 0.2) is 5.13 Å². The van der Waals surface area contributed by atoms with E-state index < -0.39 is 5.82 Å². The average Bonchev–Trinajstić information content (AvgIpc) is 2.97. The van der Waals surface area contributed by atoms with Gasteiger partial charge in [-0.1, -0.05) is 6.92 Å². The molecular weight excluding hydrogens is 341 g/mol. The number of likely N-dealkylation sites (tertiary alicyclic amines) is 1. The first-order valence-electron chi connectivity index (χ1n) is 8.35. The lowest BCUT2D eigenvalue weighted by Gasteiger charge is -2.29. The second-order valence-corrected chi connectivity index (χ2v) is 7.57. The van der Waals surface area contributed by atoms with E-state index in [1.165, 1.54) is 24.5 Å². The number of nitrogens with one attached hydrogen (secondary N) is 1. The Kier molecular flexibility index (Phi) is 5.22. The zero-order valence-corrected chi connectivity index (χ0v) is 15.5. The molecule has 0 bridgehead atoms. The largest absolute Gasteiger partial charge is 0.497 e. The predicted molar refractivity (Wildman–Crippen MR) is 97.4 cm³/mol. The molecule has 1 fully saturated rings. The Bertz CT molecular complexity index is 770. The molecule has 1 aliphatic heterocycles. The number of carbonyl (C=O) groups excluding carboxylic acids is 1. The molecule has 25 heavy (non-hydrogen) atoms. The molecule has 1 saturated heterocycles. The van der Waals surface area contributed by atoms with Gasteiger partial charge in [-0.25, -0.2) is 9.37 Å². The standard InChI is InChI=1S/C18H22FN3O2S/c1-11-6-8-22(9-7-11)17(23)16-12(2)25-18(21-16)20-15-5-4-13(24-3)10-14(15)19/h4-5,10-11H,6-9H2,1-3H3,(H,20,21). The van der Waals surface area contributed by atoms with Crippen molar-refractivity contribution < 1.29 is 13.9 Å². The quantitative estimate of drug-likeness (QED) is 0.884. The number of halogens is 1. The minimum Gasteiger partial charge on any atom is -0.497 e. The van der Waals surface area contributed by atoms with Crippen LogP contribution in [0.25, 0.3) is 0 Å². The third-order valence-corrected chi connectivity index (χ3v) is 5.37. The van der Waals surface area contributed by atoms with E-state index in [2.05, 4.69) is 17.2 Å². The minimum absolute atomic E-state index is 0.0381. The fourth-order valence-electron chi connectivity index (χ4n) is 2.85. The molecule has 1 N–H and O–H groups in total. The van der Waals surface area contributed by atoms with Gasteiger partial charge in [0.1, 0.15) is 17.3 Å². The number of methoxy groups -OCH3 is 1. The number of carbonyl (C=O) groups is 1. The maximum Gasteiger partial charge on any atom is 0.273 e. The average molecular weight is 363 g/mol. The lowest BCUT2D eigenvalue weighted by molar-refractivity contribution is 0.0691. The van der Waals surface area contributed by atoms with Crippen LogP contribution >= 0.6 is 11.3 Å². The molecule has 1 aliphatic rings. The van der Waals surface area contributed by atoms with Crippen LogP contribution in [0, 0.1) is 18.7 Å². The van der Waals surface area contributed by atoms with Crippen molar-refractivity contribution >= 4 is 28.1 Å². The van der Waals surface area contributed by atoms with Crippen molar-refractivity contribution in [3.05, 3.63) is 34.6 Å². The van der Waals surface area contributed by atoms with E-state index in [9.17, 15) is 9.18 Å². The molecule has 0 atom stereocenters. The maximum absolute atomic E-state index is 14.1. The number of amides is 1. The third kappa shape index (κ3) is 3.92. The lowest BCUT2D eigenvalue weighted by Crippen LogP contribution is -2.38. The van der Waals surface area contributed by atoms with Crippen LogP contribution in [0.5, 0.6) is 5.75 Å². The van der Waals surface area contributed by atoms with E-state index >= 15 is 0 Å². The van der Waals surface area contributed by atoms with E-state index in [4.69, 9.17) is 4.74 Å². The van der Waals surface area contributed by atoms with Crippen LogP contribution in [-0.2, 0) is 0 Å². The number of thiazole rings is 1. The summed E-state index contributed by atoms with van der Waals surface area (Å²) in [5.74, 6) is 0.651. The predicted octanol–water partition coefficient (Wildman–Crippen LogP) is 4.21. The first-order chi connectivity index (χ1) is 12.0. The molecule has 0 aliphatic carbocycles. The highest BCUT2D eigenvalue weighted by Crippen LogP contribution is 2.29. The second kappa shape index (κ2) is 7.39. The van der Waals surface area contributed by atoms with Crippen LogP contribution in [0.15, 0.2) is 18.2 Å². The van der Waals surface area contributed by atoms with Gasteiger partial charge in [0.05, 0.1) is 12.8 Å². The van der Waals surface area contributed by atoms with Gasteiger partial charge in [0, 0.05) is 24.0 Å². The Morgan fingerprint density at radius 3 is 2.76 bits per heavy atom. The summed E-state index contributed by atoms with van der Waals surface area (Å²) in [6, 6.07) is 4.58. The van der Waals surface area contributed by atoms with Gasteiger partial charge in [0.2, 0.25) is 0 Å².